The van der Waals surface area contributed by atoms with Gasteiger partial charge in [0, 0.05) is 12.2 Å². The molecule has 0 aromatic heterocycles. The van der Waals surface area contributed by atoms with Crippen molar-refractivity contribution in [3.8, 4) is 0 Å². The fraction of sp³-hybridized carbons (Fsp3) is 0.722. The summed E-state index contributed by atoms with van der Waals surface area (Å²) in [6.45, 7) is 4.93. The number of carbonyl (C=O) groups is 5. The SMILES string of the molecule is CC(C)CC(N)C(=O)NC(CCC(N)=O)C(=O)NC(CS)C(=O)NC(C(=O)O)C(C)O. The second-order valence-electron chi connectivity index (χ2n) is 7.61. The molecule has 0 spiro atoms. The smallest absolute Gasteiger partial charge is 0.328 e. The van der Waals surface area contributed by atoms with Gasteiger partial charge in [0.15, 0.2) is 6.04 Å². The third-order valence-electron chi connectivity index (χ3n) is 4.24. The van der Waals surface area contributed by atoms with Gasteiger partial charge in [-0.05, 0) is 25.7 Å². The minimum Gasteiger partial charge on any atom is -0.480 e. The van der Waals surface area contributed by atoms with Crippen molar-refractivity contribution in [3.05, 3.63) is 0 Å². The number of hydrogen-bond donors (Lipinski definition) is 8. The molecule has 9 N–H and O–H groups in total. The molecule has 31 heavy (non-hydrogen) atoms. The predicted octanol–water partition coefficient (Wildman–Crippen LogP) is -2.53. The highest BCUT2D eigenvalue weighted by molar-refractivity contribution is 7.80. The standard InChI is InChI=1S/C18H33N5O7S/c1-8(2)6-10(19)15(26)21-11(4-5-13(20)25)16(27)22-12(7-31)17(28)23-14(9(3)24)18(29)30/h8-12,14,24,31H,4-7,19H2,1-3H3,(H2,20,25)(H,21,26)(H,22,27)(H,23,28)(H,29,30). The lowest BCUT2D eigenvalue weighted by atomic mass is 10.0. The first kappa shape index (κ1) is 28.6. The number of hydrogen-bond acceptors (Lipinski definition) is 8. The number of rotatable bonds is 14. The van der Waals surface area contributed by atoms with Crippen LogP contribution in [0.5, 0.6) is 0 Å². The van der Waals surface area contributed by atoms with Crippen molar-refractivity contribution in [3.63, 3.8) is 0 Å². The third kappa shape index (κ3) is 11.0. The van der Waals surface area contributed by atoms with E-state index in [1.165, 1.54) is 6.92 Å². The monoisotopic (exact) mass is 463 g/mol. The van der Waals surface area contributed by atoms with Crippen LogP contribution >= 0.6 is 12.6 Å². The Bertz CT molecular complexity index is 659. The molecule has 0 aromatic carbocycles. The zero-order valence-corrected chi connectivity index (χ0v) is 18.7. The van der Waals surface area contributed by atoms with Crippen LogP contribution in [-0.4, -0.2) is 75.8 Å². The maximum atomic E-state index is 12.7. The molecular formula is C18H33N5O7S. The van der Waals surface area contributed by atoms with Crippen LogP contribution in [0, 0.1) is 5.92 Å². The molecule has 0 radical (unpaired) electrons. The van der Waals surface area contributed by atoms with Crippen LogP contribution in [0.4, 0.5) is 0 Å². The lowest BCUT2D eigenvalue weighted by molar-refractivity contribution is -0.145. The lowest BCUT2D eigenvalue weighted by Crippen LogP contribution is -2.59. The highest BCUT2D eigenvalue weighted by Crippen LogP contribution is 2.05. The largest absolute Gasteiger partial charge is 0.480 e. The summed E-state index contributed by atoms with van der Waals surface area (Å²) in [6, 6.07) is -4.95. The van der Waals surface area contributed by atoms with Gasteiger partial charge in [-0.3, -0.25) is 19.2 Å². The Balaban J connectivity index is 5.30. The second-order valence-corrected chi connectivity index (χ2v) is 7.98. The summed E-state index contributed by atoms with van der Waals surface area (Å²) in [5.74, 6) is -4.52. The Labute approximate surface area is 186 Å². The van der Waals surface area contributed by atoms with Crippen LogP contribution in [0.2, 0.25) is 0 Å². The zero-order valence-electron chi connectivity index (χ0n) is 17.8. The quantitative estimate of drug-likeness (QED) is 0.128. The van der Waals surface area contributed by atoms with Crippen molar-refractivity contribution in [2.24, 2.45) is 17.4 Å². The number of carboxylic acid groups (broad SMARTS) is 1. The molecule has 0 rings (SSSR count). The first-order valence-corrected chi connectivity index (χ1v) is 10.4. The molecule has 5 atom stereocenters. The van der Waals surface area contributed by atoms with Crippen LogP contribution in [0.1, 0.15) is 40.0 Å². The van der Waals surface area contributed by atoms with Gasteiger partial charge < -0.3 is 37.6 Å². The van der Waals surface area contributed by atoms with Gasteiger partial charge in [0.05, 0.1) is 12.1 Å². The fourth-order valence-corrected chi connectivity index (χ4v) is 2.82. The van der Waals surface area contributed by atoms with Gasteiger partial charge in [-0.15, -0.1) is 0 Å². The van der Waals surface area contributed by atoms with Gasteiger partial charge >= 0.3 is 5.97 Å². The van der Waals surface area contributed by atoms with Gasteiger partial charge in [0.25, 0.3) is 0 Å². The molecule has 0 aliphatic carbocycles. The van der Waals surface area contributed by atoms with Crippen molar-refractivity contribution in [1.29, 1.82) is 0 Å². The second kappa shape index (κ2) is 13.8. The summed E-state index contributed by atoms with van der Waals surface area (Å²) in [4.78, 5) is 59.6. The number of thiol groups is 1. The molecule has 0 heterocycles. The number of primary amides is 1. The van der Waals surface area contributed by atoms with Crippen LogP contribution in [-0.2, 0) is 24.0 Å². The van der Waals surface area contributed by atoms with E-state index in [0.717, 1.165) is 0 Å². The number of aliphatic hydroxyl groups excluding tert-OH is 1. The van der Waals surface area contributed by atoms with Gasteiger partial charge in [0.2, 0.25) is 23.6 Å². The fourth-order valence-electron chi connectivity index (χ4n) is 2.56. The lowest BCUT2D eigenvalue weighted by Gasteiger charge is -2.25. The van der Waals surface area contributed by atoms with Crippen LogP contribution < -0.4 is 27.4 Å². The van der Waals surface area contributed by atoms with E-state index in [4.69, 9.17) is 16.6 Å². The van der Waals surface area contributed by atoms with Crippen LogP contribution in [0.15, 0.2) is 0 Å². The number of nitrogens with one attached hydrogen (secondary N) is 3. The molecular weight excluding hydrogens is 430 g/mol. The summed E-state index contributed by atoms with van der Waals surface area (Å²) >= 11 is 3.98. The van der Waals surface area contributed by atoms with E-state index in [0.29, 0.717) is 6.42 Å². The number of nitrogens with two attached hydrogens (primary N) is 2. The summed E-state index contributed by atoms with van der Waals surface area (Å²) in [5.41, 5.74) is 10.9. The predicted molar refractivity (Wildman–Crippen MR) is 115 cm³/mol. The van der Waals surface area contributed by atoms with E-state index >= 15 is 0 Å². The molecule has 0 fully saturated rings. The summed E-state index contributed by atoms with van der Waals surface area (Å²) in [6.07, 6.45) is -1.36. The van der Waals surface area contributed by atoms with E-state index in [1.807, 2.05) is 13.8 Å². The maximum Gasteiger partial charge on any atom is 0.328 e. The van der Waals surface area contributed by atoms with Crippen LogP contribution in [0.3, 0.4) is 0 Å². The molecule has 178 valence electrons. The molecule has 13 heteroatoms. The van der Waals surface area contributed by atoms with E-state index in [-0.39, 0.29) is 24.5 Å². The molecule has 5 unspecified atom stereocenters. The van der Waals surface area contributed by atoms with Gasteiger partial charge in [-0.25, -0.2) is 4.79 Å². The average Bonchev–Trinajstić information content (AvgIpc) is 2.65. The highest BCUT2D eigenvalue weighted by atomic mass is 32.1. The average molecular weight is 464 g/mol. The Hall–Kier alpha value is -2.38. The minimum absolute atomic E-state index is 0.131. The Morgan fingerprint density at radius 1 is 0.935 bits per heavy atom. The topological polar surface area (TPSA) is 214 Å². The Morgan fingerprint density at radius 3 is 1.87 bits per heavy atom. The maximum absolute atomic E-state index is 12.7. The first-order valence-electron chi connectivity index (χ1n) is 9.76. The molecule has 0 aliphatic rings. The number of amides is 4. The van der Waals surface area contributed by atoms with Crippen molar-refractivity contribution < 1.29 is 34.2 Å². The van der Waals surface area contributed by atoms with Gasteiger partial charge in [-0.1, -0.05) is 13.8 Å². The number of carbonyl (C=O) groups excluding carboxylic acids is 4. The molecule has 0 aliphatic heterocycles. The Morgan fingerprint density at radius 2 is 1.45 bits per heavy atom. The van der Waals surface area contributed by atoms with Gasteiger partial charge in [0.1, 0.15) is 12.1 Å². The number of aliphatic carboxylic acids is 1. The number of aliphatic hydroxyl groups is 1. The first-order chi connectivity index (χ1) is 14.3. The van der Waals surface area contributed by atoms with Crippen LogP contribution in [0.25, 0.3) is 0 Å². The highest BCUT2D eigenvalue weighted by Gasteiger charge is 2.31. The zero-order chi connectivity index (χ0) is 24.3. The van der Waals surface area contributed by atoms with E-state index in [9.17, 15) is 29.1 Å². The summed E-state index contributed by atoms with van der Waals surface area (Å²) in [7, 11) is 0. The van der Waals surface area contributed by atoms with Crippen molar-refractivity contribution in [2.75, 3.05) is 5.75 Å². The molecule has 0 bridgehead atoms. The third-order valence-corrected chi connectivity index (χ3v) is 4.60. The van der Waals surface area contributed by atoms with E-state index in [2.05, 4.69) is 28.6 Å². The molecule has 4 amide bonds. The van der Waals surface area contributed by atoms with E-state index < -0.39 is 59.9 Å². The van der Waals surface area contributed by atoms with Gasteiger partial charge in [-0.2, -0.15) is 12.6 Å². The summed E-state index contributed by atoms with van der Waals surface area (Å²) < 4.78 is 0. The molecule has 12 nitrogen and oxygen atoms in total. The Kier molecular flexibility index (Phi) is 12.8. The molecule has 0 aromatic rings. The molecule has 0 saturated heterocycles. The van der Waals surface area contributed by atoms with Crippen molar-refractivity contribution in [2.45, 2.75) is 70.3 Å². The van der Waals surface area contributed by atoms with Crippen molar-refractivity contribution >= 4 is 42.2 Å². The van der Waals surface area contributed by atoms with Crippen molar-refractivity contribution in [1.82, 2.24) is 16.0 Å². The summed E-state index contributed by atoms with van der Waals surface area (Å²) in [5, 5.41) is 25.5. The molecule has 0 saturated carbocycles. The normalized spacial score (nSPS) is 15.8. The number of carboxylic acids is 1. The minimum atomic E-state index is -1.59. The van der Waals surface area contributed by atoms with E-state index in [1.54, 1.807) is 0 Å².